The van der Waals surface area contributed by atoms with Gasteiger partial charge in [-0.1, -0.05) is 11.8 Å². The van der Waals surface area contributed by atoms with E-state index in [0.29, 0.717) is 0 Å². The third-order valence-corrected chi connectivity index (χ3v) is 5.33. The topological polar surface area (TPSA) is 72.3 Å². The van der Waals surface area contributed by atoms with E-state index in [1.165, 1.54) is 11.8 Å². The molecule has 1 atom stereocenters. The van der Waals surface area contributed by atoms with Crippen molar-refractivity contribution in [1.29, 1.82) is 0 Å². The van der Waals surface area contributed by atoms with Gasteiger partial charge in [0.05, 0.1) is 18.5 Å². The average Bonchev–Trinajstić information content (AvgIpc) is 3.11. The molecule has 2 heterocycles. The van der Waals surface area contributed by atoms with Crippen LogP contribution >= 0.6 is 11.8 Å². The standard InChI is InChI=1S/C18H25N5O2S/c1-13(2)23-12-19-21-18(23)26-14(3)17(24)20-15-4-6-16(7-5-15)22-8-10-25-11-9-22/h4-7,12-14H,8-11H2,1-3H3,(H,20,24)/t14-/m1/s1. The van der Waals surface area contributed by atoms with Crippen molar-refractivity contribution in [2.45, 2.75) is 37.2 Å². The highest BCUT2D eigenvalue weighted by Gasteiger charge is 2.19. The van der Waals surface area contributed by atoms with E-state index < -0.39 is 0 Å². The summed E-state index contributed by atoms with van der Waals surface area (Å²) in [5.41, 5.74) is 1.95. The SMILES string of the molecule is CC(C)n1cnnc1S[C@H](C)C(=O)Nc1ccc(N2CCOCC2)cc1. The number of amides is 1. The molecule has 0 aliphatic carbocycles. The van der Waals surface area contributed by atoms with Gasteiger partial charge in [-0.2, -0.15) is 0 Å². The Morgan fingerprint density at radius 3 is 2.54 bits per heavy atom. The van der Waals surface area contributed by atoms with E-state index in [1.807, 2.05) is 35.8 Å². The molecule has 1 fully saturated rings. The number of ether oxygens (including phenoxy) is 1. The van der Waals surface area contributed by atoms with Crippen molar-refractivity contribution >= 4 is 29.0 Å². The van der Waals surface area contributed by atoms with Crippen LogP contribution in [0.1, 0.15) is 26.8 Å². The first-order valence-electron chi connectivity index (χ1n) is 8.84. The Kier molecular flexibility index (Phi) is 6.16. The second-order valence-electron chi connectivity index (χ2n) is 6.51. The second kappa shape index (κ2) is 8.55. The Balaban J connectivity index is 1.57. The van der Waals surface area contributed by atoms with Gasteiger partial charge >= 0.3 is 0 Å². The van der Waals surface area contributed by atoms with Gasteiger partial charge in [-0.05, 0) is 45.0 Å². The van der Waals surface area contributed by atoms with Crippen LogP contribution in [0.4, 0.5) is 11.4 Å². The van der Waals surface area contributed by atoms with Gasteiger partial charge in [0, 0.05) is 30.5 Å². The number of nitrogens with zero attached hydrogens (tertiary/aromatic N) is 4. The molecule has 7 nitrogen and oxygen atoms in total. The molecule has 1 aliphatic rings. The molecular formula is C18H25N5O2S. The van der Waals surface area contributed by atoms with Gasteiger partial charge in [0.1, 0.15) is 6.33 Å². The third-order valence-electron chi connectivity index (χ3n) is 4.26. The van der Waals surface area contributed by atoms with E-state index in [1.54, 1.807) is 6.33 Å². The minimum Gasteiger partial charge on any atom is -0.378 e. The zero-order chi connectivity index (χ0) is 18.5. The summed E-state index contributed by atoms with van der Waals surface area (Å²) in [6.45, 7) is 9.32. The van der Waals surface area contributed by atoms with Gasteiger partial charge in [0.2, 0.25) is 5.91 Å². The highest BCUT2D eigenvalue weighted by Crippen LogP contribution is 2.25. The quantitative estimate of drug-likeness (QED) is 0.783. The number of carbonyl (C=O) groups is 1. The number of hydrogen-bond donors (Lipinski definition) is 1. The van der Waals surface area contributed by atoms with Gasteiger partial charge in [0.25, 0.3) is 0 Å². The van der Waals surface area contributed by atoms with Crippen molar-refractivity contribution in [3.8, 4) is 0 Å². The number of hydrogen-bond acceptors (Lipinski definition) is 6. The predicted molar refractivity (Wildman–Crippen MR) is 104 cm³/mol. The lowest BCUT2D eigenvalue weighted by Gasteiger charge is -2.28. The maximum absolute atomic E-state index is 12.5. The Hall–Kier alpha value is -2.06. The molecule has 0 unspecified atom stereocenters. The zero-order valence-electron chi connectivity index (χ0n) is 15.4. The number of nitrogens with one attached hydrogen (secondary N) is 1. The molecule has 140 valence electrons. The molecule has 1 aromatic carbocycles. The van der Waals surface area contributed by atoms with Crippen LogP contribution in [0, 0.1) is 0 Å². The number of thioether (sulfide) groups is 1. The van der Waals surface area contributed by atoms with Gasteiger partial charge in [-0.15, -0.1) is 10.2 Å². The fourth-order valence-corrected chi connectivity index (χ4v) is 3.66. The highest BCUT2D eigenvalue weighted by atomic mass is 32.2. The summed E-state index contributed by atoms with van der Waals surface area (Å²) in [6, 6.07) is 8.21. The Bertz CT molecular complexity index is 725. The van der Waals surface area contributed by atoms with Crippen molar-refractivity contribution in [3.05, 3.63) is 30.6 Å². The van der Waals surface area contributed by atoms with Crippen LogP contribution in [0.2, 0.25) is 0 Å². The third kappa shape index (κ3) is 4.56. The van der Waals surface area contributed by atoms with E-state index >= 15 is 0 Å². The molecule has 26 heavy (non-hydrogen) atoms. The largest absolute Gasteiger partial charge is 0.378 e. The summed E-state index contributed by atoms with van der Waals surface area (Å²) in [4.78, 5) is 14.8. The molecule has 8 heteroatoms. The van der Waals surface area contributed by atoms with Crippen LogP contribution in [-0.4, -0.2) is 52.2 Å². The van der Waals surface area contributed by atoms with Gasteiger partial charge < -0.3 is 19.5 Å². The molecule has 2 aromatic rings. The van der Waals surface area contributed by atoms with Crippen molar-refractivity contribution in [2.24, 2.45) is 0 Å². The number of anilines is 2. The highest BCUT2D eigenvalue weighted by molar-refractivity contribution is 8.00. The minimum absolute atomic E-state index is 0.0487. The first-order chi connectivity index (χ1) is 12.5. The summed E-state index contributed by atoms with van der Waals surface area (Å²) < 4.78 is 7.34. The molecule has 1 aromatic heterocycles. The molecule has 0 radical (unpaired) electrons. The molecule has 1 N–H and O–H groups in total. The van der Waals surface area contributed by atoms with Crippen LogP contribution in [0.5, 0.6) is 0 Å². The fourth-order valence-electron chi connectivity index (χ4n) is 2.70. The van der Waals surface area contributed by atoms with Crippen LogP contribution in [0.3, 0.4) is 0 Å². The smallest absolute Gasteiger partial charge is 0.237 e. The fraction of sp³-hybridized carbons (Fsp3) is 0.500. The number of benzene rings is 1. The molecule has 0 bridgehead atoms. The first-order valence-corrected chi connectivity index (χ1v) is 9.72. The maximum Gasteiger partial charge on any atom is 0.237 e. The van der Waals surface area contributed by atoms with Crippen molar-refractivity contribution < 1.29 is 9.53 Å². The minimum atomic E-state index is -0.268. The van der Waals surface area contributed by atoms with E-state index in [0.717, 1.165) is 42.8 Å². The zero-order valence-corrected chi connectivity index (χ0v) is 16.2. The molecule has 1 aliphatic heterocycles. The number of aromatic nitrogens is 3. The first kappa shape index (κ1) is 18.7. The molecule has 3 rings (SSSR count). The average molecular weight is 375 g/mol. The normalized spacial score (nSPS) is 15.9. The molecular weight excluding hydrogens is 350 g/mol. The van der Waals surface area contributed by atoms with E-state index in [2.05, 4.69) is 34.3 Å². The Labute approximate surface area is 158 Å². The van der Waals surface area contributed by atoms with E-state index in [-0.39, 0.29) is 17.2 Å². The number of rotatable bonds is 6. The summed E-state index contributed by atoms with van der Waals surface area (Å²) in [5.74, 6) is -0.0487. The molecule has 1 saturated heterocycles. The van der Waals surface area contributed by atoms with Crippen LogP contribution in [-0.2, 0) is 9.53 Å². The number of morpholine rings is 1. The lowest BCUT2D eigenvalue weighted by molar-refractivity contribution is -0.115. The summed E-state index contributed by atoms with van der Waals surface area (Å²) >= 11 is 1.41. The molecule has 0 saturated carbocycles. The number of carbonyl (C=O) groups excluding carboxylic acids is 1. The Morgan fingerprint density at radius 1 is 1.19 bits per heavy atom. The second-order valence-corrected chi connectivity index (χ2v) is 7.82. The summed E-state index contributed by atoms with van der Waals surface area (Å²) in [5, 5.41) is 11.5. The van der Waals surface area contributed by atoms with E-state index in [4.69, 9.17) is 4.74 Å². The monoisotopic (exact) mass is 375 g/mol. The summed E-state index contributed by atoms with van der Waals surface area (Å²) in [6.07, 6.45) is 1.70. The molecule has 0 spiro atoms. The van der Waals surface area contributed by atoms with Crippen LogP contribution in [0.15, 0.2) is 35.7 Å². The predicted octanol–water partition coefficient (Wildman–Crippen LogP) is 2.81. The van der Waals surface area contributed by atoms with Crippen LogP contribution < -0.4 is 10.2 Å². The lowest BCUT2D eigenvalue weighted by atomic mass is 10.2. The van der Waals surface area contributed by atoms with Gasteiger partial charge in [0.15, 0.2) is 5.16 Å². The van der Waals surface area contributed by atoms with E-state index in [9.17, 15) is 4.79 Å². The molecule has 1 amide bonds. The summed E-state index contributed by atoms with van der Waals surface area (Å²) in [7, 11) is 0. The van der Waals surface area contributed by atoms with Crippen molar-refractivity contribution in [3.63, 3.8) is 0 Å². The Morgan fingerprint density at radius 2 is 1.88 bits per heavy atom. The van der Waals surface area contributed by atoms with Gasteiger partial charge in [-0.3, -0.25) is 4.79 Å². The van der Waals surface area contributed by atoms with Crippen molar-refractivity contribution in [2.75, 3.05) is 36.5 Å². The lowest BCUT2D eigenvalue weighted by Crippen LogP contribution is -2.36. The van der Waals surface area contributed by atoms with Gasteiger partial charge in [-0.25, -0.2) is 0 Å². The van der Waals surface area contributed by atoms with Crippen molar-refractivity contribution in [1.82, 2.24) is 14.8 Å². The van der Waals surface area contributed by atoms with Crippen LogP contribution in [0.25, 0.3) is 0 Å². The maximum atomic E-state index is 12.5.